The largest absolute Gasteiger partial charge is 0.478 e. The number of aliphatic imine (C=N–C) groups is 3. The molecule has 0 N–H and O–H groups in total. The molecule has 0 bridgehead atoms. The van der Waals surface area contributed by atoms with Crippen molar-refractivity contribution in [3.63, 3.8) is 0 Å². The second-order valence-electron chi connectivity index (χ2n) is 15.6. The van der Waals surface area contributed by atoms with Gasteiger partial charge in [0.1, 0.15) is 37.9 Å². The first-order valence-corrected chi connectivity index (χ1v) is 20.1. The van der Waals surface area contributed by atoms with E-state index in [0.29, 0.717) is 39.1 Å². The third-order valence-corrected chi connectivity index (χ3v) is 12.4. The fourth-order valence-electron chi connectivity index (χ4n) is 9.30. The van der Waals surface area contributed by atoms with Gasteiger partial charge in [-0.3, -0.25) is 0 Å². The van der Waals surface area contributed by atoms with Gasteiger partial charge < -0.3 is 14.2 Å². The van der Waals surface area contributed by atoms with E-state index in [4.69, 9.17) is 29.2 Å². The Kier molecular flexibility index (Phi) is 9.05. The molecule has 0 amide bonds. The minimum atomic E-state index is -0.0457. The minimum absolute atomic E-state index is 0.0457. The van der Waals surface area contributed by atoms with Gasteiger partial charge in [0, 0.05) is 19.3 Å². The van der Waals surface area contributed by atoms with Crippen LogP contribution in [0.5, 0.6) is 0 Å². The predicted octanol–water partition coefficient (Wildman–Crippen LogP) is 11.2. The third kappa shape index (κ3) is 6.53. The molecule has 7 aromatic rings. The summed E-state index contributed by atoms with van der Waals surface area (Å²) in [5.41, 5.74) is 11.0. The highest BCUT2D eigenvalue weighted by Gasteiger charge is 2.29. The van der Waals surface area contributed by atoms with Gasteiger partial charge in [0.05, 0.1) is 0 Å². The zero-order valence-corrected chi connectivity index (χ0v) is 32.7. The van der Waals surface area contributed by atoms with Crippen molar-refractivity contribution in [3.8, 4) is 0 Å². The van der Waals surface area contributed by atoms with Crippen LogP contribution < -0.4 is 0 Å². The van der Waals surface area contributed by atoms with Gasteiger partial charge in [-0.25, -0.2) is 15.0 Å². The molecule has 0 saturated carbocycles. The van der Waals surface area contributed by atoms with Gasteiger partial charge in [0.25, 0.3) is 0 Å². The standard InChI is InChI=1S/C51H45N3O3/c1-31-43(25-49-52-46(28-55-49)40-22-10-16-34-13-4-7-19-37(34)40)32(2)45(27-51-54-48(30-57-51)42-24-12-18-36-15-6-9-21-39(36)42)33(3)44(31)26-50-53-47(29-56-50)41-23-11-17-35-14-5-8-20-38(35)41/h4-24,46-48H,25-30H2,1-3H3/t46-,47-,48-/m1/s1. The number of hydrogen-bond acceptors (Lipinski definition) is 6. The molecule has 0 aliphatic carbocycles. The van der Waals surface area contributed by atoms with Crippen molar-refractivity contribution in [2.24, 2.45) is 15.0 Å². The number of hydrogen-bond donors (Lipinski definition) is 0. The summed E-state index contributed by atoms with van der Waals surface area (Å²) in [6.07, 6.45) is 1.82. The summed E-state index contributed by atoms with van der Waals surface area (Å²) in [6.45, 7) is 8.33. The molecule has 3 atom stereocenters. The van der Waals surface area contributed by atoms with Crippen LogP contribution in [0.4, 0.5) is 0 Å². The normalized spacial score (nSPS) is 19.0. The Labute approximate surface area is 333 Å². The Hall–Kier alpha value is -6.27. The van der Waals surface area contributed by atoms with Gasteiger partial charge in [0.15, 0.2) is 17.7 Å². The van der Waals surface area contributed by atoms with Crippen molar-refractivity contribution in [1.82, 2.24) is 0 Å². The van der Waals surface area contributed by atoms with E-state index in [0.717, 1.165) is 17.7 Å². The fourth-order valence-corrected chi connectivity index (χ4v) is 9.30. The molecule has 6 nitrogen and oxygen atoms in total. The number of fused-ring (bicyclic) bond motifs is 3. The van der Waals surface area contributed by atoms with Crippen LogP contribution in [0.1, 0.15) is 68.2 Å². The summed E-state index contributed by atoms with van der Waals surface area (Å²) in [7, 11) is 0. The maximum atomic E-state index is 6.41. The first-order valence-electron chi connectivity index (χ1n) is 20.1. The van der Waals surface area contributed by atoms with Crippen LogP contribution in [0.2, 0.25) is 0 Å². The molecule has 282 valence electrons. The number of nitrogens with zero attached hydrogens (tertiary/aromatic N) is 3. The lowest BCUT2D eigenvalue weighted by Crippen LogP contribution is -2.16. The fraction of sp³-hybridized carbons (Fsp3) is 0.235. The highest BCUT2D eigenvalue weighted by Crippen LogP contribution is 2.37. The van der Waals surface area contributed by atoms with Crippen LogP contribution in [-0.2, 0) is 33.5 Å². The summed E-state index contributed by atoms with van der Waals surface area (Å²) in [5, 5.41) is 7.34. The van der Waals surface area contributed by atoms with Crippen LogP contribution in [-0.4, -0.2) is 37.5 Å². The van der Waals surface area contributed by atoms with Gasteiger partial charge in [-0.2, -0.15) is 0 Å². The van der Waals surface area contributed by atoms with E-state index in [2.05, 4.69) is 148 Å². The van der Waals surface area contributed by atoms with E-state index in [-0.39, 0.29) is 18.1 Å². The van der Waals surface area contributed by atoms with Gasteiger partial charge >= 0.3 is 0 Å². The molecule has 0 aromatic heterocycles. The highest BCUT2D eigenvalue weighted by atomic mass is 16.5. The molecule has 3 aliphatic heterocycles. The van der Waals surface area contributed by atoms with E-state index >= 15 is 0 Å². The zero-order valence-electron chi connectivity index (χ0n) is 32.7. The molecule has 0 spiro atoms. The van der Waals surface area contributed by atoms with Crippen molar-refractivity contribution in [2.45, 2.75) is 58.2 Å². The van der Waals surface area contributed by atoms with Crippen molar-refractivity contribution in [3.05, 3.63) is 177 Å². The van der Waals surface area contributed by atoms with Crippen molar-refractivity contribution < 1.29 is 14.2 Å². The quantitative estimate of drug-likeness (QED) is 0.148. The number of ether oxygens (including phenoxy) is 3. The molecule has 0 radical (unpaired) electrons. The monoisotopic (exact) mass is 747 g/mol. The summed E-state index contributed by atoms with van der Waals surface area (Å²) >= 11 is 0. The average molecular weight is 748 g/mol. The maximum Gasteiger partial charge on any atom is 0.188 e. The van der Waals surface area contributed by atoms with Crippen molar-refractivity contribution >= 4 is 50.0 Å². The van der Waals surface area contributed by atoms with Crippen LogP contribution in [0.3, 0.4) is 0 Å². The molecule has 3 heterocycles. The van der Waals surface area contributed by atoms with Gasteiger partial charge in [-0.15, -0.1) is 0 Å². The van der Waals surface area contributed by atoms with Crippen molar-refractivity contribution in [1.29, 1.82) is 0 Å². The lowest BCUT2D eigenvalue weighted by molar-refractivity contribution is 0.313. The Morgan fingerprint density at radius 2 is 0.667 bits per heavy atom. The maximum absolute atomic E-state index is 6.41. The van der Waals surface area contributed by atoms with E-state index in [1.54, 1.807) is 0 Å². The zero-order chi connectivity index (χ0) is 38.5. The Morgan fingerprint density at radius 1 is 0.386 bits per heavy atom. The molecule has 7 aromatic carbocycles. The summed E-state index contributed by atoms with van der Waals surface area (Å²) in [4.78, 5) is 15.6. The second-order valence-corrected chi connectivity index (χ2v) is 15.6. The highest BCUT2D eigenvalue weighted by molar-refractivity contribution is 5.91. The van der Waals surface area contributed by atoms with Crippen molar-refractivity contribution in [2.75, 3.05) is 19.8 Å². The SMILES string of the molecule is Cc1c(CC2=N[C@@H](c3cccc4ccccc34)CO2)c(C)c(CC2=N[C@@H](c3cccc4ccccc34)CO2)c(C)c1CC1=N[C@@H](c2cccc3ccccc23)CO1. The number of benzene rings is 7. The first kappa shape index (κ1) is 35.2. The number of rotatable bonds is 9. The van der Waals surface area contributed by atoms with Gasteiger partial charge in [-0.05, 0) is 103 Å². The molecule has 6 heteroatoms. The van der Waals surface area contributed by atoms with E-state index in [1.807, 2.05) is 0 Å². The van der Waals surface area contributed by atoms with Crippen LogP contribution in [0, 0.1) is 20.8 Å². The topological polar surface area (TPSA) is 64.8 Å². The Bertz CT molecular complexity index is 2460. The Morgan fingerprint density at radius 3 is 0.982 bits per heavy atom. The molecule has 10 rings (SSSR count). The lowest BCUT2D eigenvalue weighted by Gasteiger charge is -2.22. The minimum Gasteiger partial charge on any atom is -0.478 e. The van der Waals surface area contributed by atoms with Gasteiger partial charge in [-0.1, -0.05) is 127 Å². The molecular formula is C51H45N3O3. The molecule has 0 fully saturated rings. The molecule has 0 unspecified atom stereocenters. The second kappa shape index (κ2) is 14.7. The lowest BCUT2D eigenvalue weighted by atomic mass is 9.84. The van der Waals surface area contributed by atoms with E-state index in [1.165, 1.54) is 82.4 Å². The first-order chi connectivity index (χ1) is 28.0. The van der Waals surface area contributed by atoms with E-state index in [9.17, 15) is 0 Å². The Balaban J connectivity index is 1.00. The summed E-state index contributed by atoms with van der Waals surface area (Å²) < 4.78 is 19.2. The summed E-state index contributed by atoms with van der Waals surface area (Å²) in [6, 6.07) is 44.8. The summed E-state index contributed by atoms with van der Waals surface area (Å²) in [5.74, 6) is 2.32. The predicted molar refractivity (Wildman–Crippen MR) is 232 cm³/mol. The van der Waals surface area contributed by atoms with E-state index < -0.39 is 0 Å². The van der Waals surface area contributed by atoms with Gasteiger partial charge in [0.2, 0.25) is 0 Å². The van der Waals surface area contributed by atoms with Crippen LogP contribution >= 0.6 is 0 Å². The third-order valence-electron chi connectivity index (χ3n) is 12.4. The molecular weight excluding hydrogens is 703 g/mol. The smallest absolute Gasteiger partial charge is 0.188 e. The average Bonchev–Trinajstić information content (AvgIpc) is 4.04. The molecule has 57 heavy (non-hydrogen) atoms. The molecule has 3 aliphatic rings. The van der Waals surface area contributed by atoms with Crippen LogP contribution in [0.25, 0.3) is 32.3 Å². The molecule has 0 saturated heterocycles. The van der Waals surface area contributed by atoms with Crippen LogP contribution in [0.15, 0.2) is 142 Å².